The van der Waals surface area contributed by atoms with Gasteiger partial charge in [0.25, 0.3) is 0 Å². The molecule has 0 amide bonds. The summed E-state index contributed by atoms with van der Waals surface area (Å²) in [5.41, 5.74) is 0. The topological polar surface area (TPSA) is 27.1 Å². The van der Waals surface area contributed by atoms with Gasteiger partial charge in [0.05, 0.1) is 5.84 Å². The first kappa shape index (κ1) is 10.6. The molecule has 0 spiro atoms. The molecule has 1 atom stereocenters. The summed E-state index contributed by atoms with van der Waals surface area (Å²) in [7, 11) is 0. The summed E-state index contributed by atoms with van der Waals surface area (Å²) in [5.74, 6) is 2.43. The van der Waals surface area contributed by atoms with Crippen LogP contribution in [0.1, 0.15) is 40.0 Å². The van der Waals surface area contributed by atoms with Crippen LogP contribution < -0.4 is 0 Å². The summed E-state index contributed by atoms with van der Waals surface area (Å²) >= 11 is 0. The van der Waals surface area contributed by atoms with Crippen LogP contribution in [0.5, 0.6) is 0 Å². The van der Waals surface area contributed by atoms with Gasteiger partial charge in [0.2, 0.25) is 0 Å². The highest BCUT2D eigenvalue weighted by atomic mass is 15.2. The molecule has 0 bridgehead atoms. The highest BCUT2D eigenvalue weighted by molar-refractivity contribution is 5.76. The zero-order valence-corrected chi connectivity index (χ0v) is 9.14. The summed E-state index contributed by atoms with van der Waals surface area (Å²) in [5, 5.41) is 7.59. The zero-order valence-electron chi connectivity index (χ0n) is 9.14. The van der Waals surface area contributed by atoms with Gasteiger partial charge < -0.3 is 4.90 Å². The Morgan fingerprint density at radius 1 is 1.31 bits per heavy atom. The Hall–Kier alpha value is -0.530. The first-order chi connectivity index (χ1) is 6.11. The summed E-state index contributed by atoms with van der Waals surface area (Å²) in [6.45, 7) is 8.72. The number of nitrogens with one attached hydrogen (secondary N) is 1. The Morgan fingerprint density at radius 3 is 2.54 bits per heavy atom. The summed E-state index contributed by atoms with van der Waals surface area (Å²) in [6.07, 6.45) is 3.88. The minimum Gasteiger partial charge on any atom is -0.361 e. The van der Waals surface area contributed by atoms with Gasteiger partial charge in [-0.15, -0.1) is 0 Å². The van der Waals surface area contributed by atoms with Crippen molar-refractivity contribution in [2.75, 3.05) is 13.1 Å². The van der Waals surface area contributed by atoms with E-state index in [1.807, 2.05) is 6.92 Å². The lowest BCUT2D eigenvalue weighted by Crippen LogP contribution is -2.29. The normalized spacial score (nSPS) is 24.6. The van der Waals surface area contributed by atoms with E-state index in [1.165, 1.54) is 19.3 Å². The maximum Gasteiger partial charge on any atom is 0.0925 e. The number of hydrogen-bond acceptors (Lipinski definition) is 1. The molecule has 1 heterocycles. The first-order valence-corrected chi connectivity index (χ1v) is 5.41. The molecule has 0 aromatic carbocycles. The van der Waals surface area contributed by atoms with Crippen LogP contribution in [0.15, 0.2) is 0 Å². The van der Waals surface area contributed by atoms with E-state index in [2.05, 4.69) is 18.7 Å². The minimum absolute atomic E-state index is 0.740. The van der Waals surface area contributed by atoms with Crippen molar-refractivity contribution >= 4 is 5.84 Å². The minimum atomic E-state index is 0.740. The van der Waals surface area contributed by atoms with Gasteiger partial charge in [0.15, 0.2) is 0 Å². The van der Waals surface area contributed by atoms with Crippen molar-refractivity contribution in [2.45, 2.75) is 40.0 Å². The second-order valence-electron chi connectivity index (χ2n) is 4.51. The molecule has 1 aliphatic rings. The maximum absolute atomic E-state index is 7.59. The van der Waals surface area contributed by atoms with E-state index in [0.29, 0.717) is 0 Å². The zero-order chi connectivity index (χ0) is 9.84. The number of amidine groups is 1. The van der Waals surface area contributed by atoms with Gasteiger partial charge in [-0.25, -0.2) is 0 Å². The van der Waals surface area contributed by atoms with Crippen LogP contribution in [0.25, 0.3) is 0 Å². The van der Waals surface area contributed by atoms with E-state index < -0.39 is 0 Å². The highest BCUT2D eigenvalue weighted by Gasteiger charge is 2.19. The highest BCUT2D eigenvalue weighted by Crippen LogP contribution is 2.24. The number of hydrogen-bond donors (Lipinski definition) is 1. The molecule has 2 heteroatoms. The largest absolute Gasteiger partial charge is 0.361 e. The third kappa shape index (κ3) is 3.02. The lowest BCUT2D eigenvalue weighted by molar-refractivity contribution is 0.339. The third-order valence-corrected chi connectivity index (χ3v) is 3.19. The van der Waals surface area contributed by atoms with Crippen molar-refractivity contribution in [1.82, 2.24) is 4.90 Å². The number of likely N-dealkylation sites (tertiary alicyclic amines) is 1. The van der Waals surface area contributed by atoms with Gasteiger partial charge in [-0.3, -0.25) is 5.41 Å². The van der Waals surface area contributed by atoms with Gasteiger partial charge in [-0.05, 0) is 38.0 Å². The summed E-state index contributed by atoms with van der Waals surface area (Å²) in [6, 6.07) is 0. The Labute approximate surface area is 81.8 Å². The van der Waals surface area contributed by atoms with E-state index in [1.54, 1.807) is 0 Å². The molecular formula is C11H22N2. The molecule has 2 nitrogen and oxygen atoms in total. The molecule has 1 saturated heterocycles. The Morgan fingerprint density at radius 2 is 2.00 bits per heavy atom. The third-order valence-electron chi connectivity index (χ3n) is 3.19. The SMILES string of the molecule is CC(=N)N1CCCC(C(C)C)CC1. The lowest BCUT2D eigenvalue weighted by atomic mass is 9.89. The molecule has 1 unspecified atom stereocenters. The second kappa shape index (κ2) is 4.64. The molecular weight excluding hydrogens is 160 g/mol. The van der Waals surface area contributed by atoms with E-state index >= 15 is 0 Å². The number of nitrogens with zero attached hydrogens (tertiary/aromatic N) is 1. The predicted octanol–water partition coefficient (Wildman–Crippen LogP) is 2.74. The van der Waals surface area contributed by atoms with Crippen molar-refractivity contribution in [3.63, 3.8) is 0 Å². The van der Waals surface area contributed by atoms with Crippen LogP contribution in [0.3, 0.4) is 0 Å². The Balaban J connectivity index is 2.44. The monoisotopic (exact) mass is 182 g/mol. The lowest BCUT2D eigenvalue weighted by Gasteiger charge is -2.21. The van der Waals surface area contributed by atoms with Crippen LogP contribution in [0.4, 0.5) is 0 Å². The van der Waals surface area contributed by atoms with Crippen molar-refractivity contribution in [1.29, 1.82) is 5.41 Å². The van der Waals surface area contributed by atoms with Crippen molar-refractivity contribution in [3.05, 3.63) is 0 Å². The van der Waals surface area contributed by atoms with E-state index in [0.717, 1.165) is 30.8 Å². The molecule has 76 valence electrons. The smallest absolute Gasteiger partial charge is 0.0925 e. The fraction of sp³-hybridized carbons (Fsp3) is 0.909. The van der Waals surface area contributed by atoms with Gasteiger partial charge in [0.1, 0.15) is 0 Å². The second-order valence-corrected chi connectivity index (χ2v) is 4.51. The van der Waals surface area contributed by atoms with Gasteiger partial charge in [-0.2, -0.15) is 0 Å². The predicted molar refractivity (Wildman–Crippen MR) is 57.2 cm³/mol. The molecule has 1 aliphatic heterocycles. The molecule has 0 aromatic rings. The van der Waals surface area contributed by atoms with Crippen LogP contribution in [-0.4, -0.2) is 23.8 Å². The van der Waals surface area contributed by atoms with Crippen LogP contribution in [0, 0.1) is 17.2 Å². The van der Waals surface area contributed by atoms with Crippen LogP contribution in [0.2, 0.25) is 0 Å². The molecule has 1 N–H and O–H groups in total. The average molecular weight is 182 g/mol. The quantitative estimate of drug-likeness (QED) is 0.490. The molecule has 0 aliphatic carbocycles. The fourth-order valence-electron chi connectivity index (χ4n) is 2.12. The van der Waals surface area contributed by atoms with Gasteiger partial charge >= 0.3 is 0 Å². The van der Waals surface area contributed by atoms with Crippen molar-refractivity contribution in [3.8, 4) is 0 Å². The molecule has 0 aromatic heterocycles. The molecule has 13 heavy (non-hydrogen) atoms. The number of rotatable bonds is 1. The van der Waals surface area contributed by atoms with Crippen molar-refractivity contribution in [2.24, 2.45) is 11.8 Å². The average Bonchev–Trinajstić information content (AvgIpc) is 2.27. The first-order valence-electron chi connectivity index (χ1n) is 5.41. The van der Waals surface area contributed by atoms with Crippen LogP contribution >= 0.6 is 0 Å². The maximum atomic E-state index is 7.59. The van der Waals surface area contributed by atoms with Crippen molar-refractivity contribution < 1.29 is 0 Å². The Kier molecular flexibility index (Phi) is 3.76. The molecule has 0 saturated carbocycles. The summed E-state index contributed by atoms with van der Waals surface area (Å²) < 4.78 is 0. The van der Waals surface area contributed by atoms with E-state index in [9.17, 15) is 0 Å². The Bertz CT molecular complexity index is 175. The fourth-order valence-corrected chi connectivity index (χ4v) is 2.12. The van der Waals surface area contributed by atoms with E-state index in [-0.39, 0.29) is 0 Å². The standard InChI is InChI=1S/C11H22N2/c1-9(2)11-5-4-7-13(8-6-11)10(3)12/h9,11-12H,4-8H2,1-3H3. The molecule has 0 radical (unpaired) electrons. The van der Waals surface area contributed by atoms with Gasteiger partial charge in [-0.1, -0.05) is 13.8 Å². The van der Waals surface area contributed by atoms with E-state index in [4.69, 9.17) is 5.41 Å². The van der Waals surface area contributed by atoms with Gasteiger partial charge in [0, 0.05) is 13.1 Å². The van der Waals surface area contributed by atoms with Crippen LogP contribution in [-0.2, 0) is 0 Å². The molecule has 1 fully saturated rings. The summed E-state index contributed by atoms with van der Waals surface area (Å²) in [4.78, 5) is 2.21. The molecule has 1 rings (SSSR count).